The second-order valence-corrected chi connectivity index (χ2v) is 8.55. The lowest BCUT2D eigenvalue weighted by Crippen LogP contribution is -2.14. The van der Waals surface area contributed by atoms with E-state index in [4.69, 9.17) is 5.14 Å². The molecule has 0 saturated carbocycles. The number of nitrogens with two attached hydrogens (primary N) is 1. The molecule has 3 rings (SSSR count). The first-order valence-corrected chi connectivity index (χ1v) is 10.6. The van der Waals surface area contributed by atoms with E-state index in [1.807, 2.05) is 0 Å². The fraction of sp³-hybridized carbons (Fsp3) is 0.136. The number of benzene rings is 3. The number of hydrogen-bond donors (Lipinski definition) is 2. The summed E-state index contributed by atoms with van der Waals surface area (Å²) in [4.78, 5) is 12.6. The van der Waals surface area contributed by atoms with E-state index in [1.165, 1.54) is 48.5 Å². The molecular weight excluding hydrogens is 431 g/mol. The number of primary sulfonamides is 1. The average Bonchev–Trinajstić information content (AvgIpc) is 2.66. The summed E-state index contributed by atoms with van der Waals surface area (Å²) in [6.07, 6.45) is -4.69. The summed E-state index contributed by atoms with van der Waals surface area (Å²) in [5.74, 6) is -0.850. The van der Waals surface area contributed by atoms with Crippen molar-refractivity contribution in [3.8, 4) is 16.9 Å². The third-order valence-corrected chi connectivity index (χ3v) is 5.82. The van der Waals surface area contributed by atoms with E-state index in [1.54, 1.807) is 6.92 Å². The number of alkyl halides is 3. The maximum Gasteiger partial charge on any atom is 0.417 e. The zero-order valence-corrected chi connectivity index (χ0v) is 17.1. The third-order valence-electron chi connectivity index (χ3n) is 4.75. The van der Waals surface area contributed by atoms with E-state index >= 15 is 0 Å². The van der Waals surface area contributed by atoms with Gasteiger partial charge in [-0.25, -0.2) is 13.6 Å². The highest BCUT2D eigenvalue weighted by Crippen LogP contribution is 2.40. The molecule has 0 radical (unpaired) electrons. The Kier molecular flexibility index (Phi) is 5.93. The minimum absolute atomic E-state index is 0.0437. The molecule has 0 aromatic heterocycles. The van der Waals surface area contributed by atoms with Crippen LogP contribution in [0.1, 0.15) is 27.0 Å². The van der Waals surface area contributed by atoms with Crippen molar-refractivity contribution >= 4 is 15.8 Å². The summed E-state index contributed by atoms with van der Waals surface area (Å²) >= 11 is 0. The van der Waals surface area contributed by atoms with Gasteiger partial charge in [0.15, 0.2) is 5.78 Å². The predicted molar refractivity (Wildman–Crippen MR) is 109 cm³/mol. The van der Waals surface area contributed by atoms with Crippen molar-refractivity contribution in [1.29, 1.82) is 0 Å². The minimum atomic E-state index is -4.60. The van der Waals surface area contributed by atoms with Gasteiger partial charge in [-0.1, -0.05) is 36.4 Å². The van der Waals surface area contributed by atoms with Crippen LogP contribution in [0.25, 0.3) is 11.1 Å². The molecular formula is C22H18F3NO4S. The quantitative estimate of drug-likeness (QED) is 0.562. The highest BCUT2D eigenvalue weighted by Gasteiger charge is 2.33. The number of hydrogen-bond acceptors (Lipinski definition) is 4. The number of rotatable bonds is 5. The molecule has 3 N–H and O–H groups in total. The average molecular weight is 449 g/mol. The van der Waals surface area contributed by atoms with Crippen molar-refractivity contribution in [3.05, 3.63) is 82.9 Å². The molecule has 0 fully saturated rings. The maximum atomic E-state index is 13.3. The van der Waals surface area contributed by atoms with Gasteiger partial charge in [0.25, 0.3) is 0 Å². The number of carbonyl (C=O) groups excluding carboxylic acids is 1. The van der Waals surface area contributed by atoms with Gasteiger partial charge in [-0.15, -0.1) is 0 Å². The van der Waals surface area contributed by atoms with Gasteiger partial charge < -0.3 is 5.11 Å². The van der Waals surface area contributed by atoms with E-state index < -0.39 is 33.3 Å². The lowest BCUT2D eigenvalue weighted by molar-refractivity contribution is -0.137. The van der Waals surface area contributed by atoms with Crippen LogP contribution < -0.4 is 5.14 Å². The number of carbonyl (C=O) groups is 1. The van der Waals surface area contributed by atoms with Crippen LogP contribution in [0.2, 0.25) is 0 Å². The zero-order valence-electron chi connectivity index (χ0n) is 16.3. The molecule has 0 amide bonds. The molecule has 3 aromatic rings. The molecule has 162 valence electrons. The first-order valence-electron chi connectivity index (χ1n) is 9.03. The van der Waals surface area contributed by atoms with Crippen molar-refractivity contribution in [1.82, 2.24) is 0 Å². The number of phenolic OH excluding ortho intramolecular Hbond substituents is 1. The van der Waals surface area contributed by atoms with Crippen LogP contribution in [0.4, 0.5) is 13.2 Å². The van der Waals surface area contributed by atoms with E-state index in [0.29, 0.717) is 11.1 Å². The molecule has 3 aromatic carbocycles. The number of ketones is 1. The van der Waals surface area contributed by atoms with Gasteiger partial charge in [-0.05, 0) is 47.9 Å². The van der Waals surface area contributed by atoms with Crippen LogP contribution in [0, 0.1) is 6.92 Å². The summed E-state index contributed by atoms with van der Waals surface area (Å²) in [5.41, 5.74) is -0.108. The number of sulfonamides is 1. The molecule has 31 heavy (non-hydrogen) atoms. The Morgan fingerprint density at radius 2 is 1.68 bits per heavy atom. The van der Waals surface area contributed by atoms with Crippen LogP contribution in [-0.4, -0.2) is 19.3 Å². The molecule has 0 aliphatic carbocycles. The lowest BCUT2D eigenvalue weighted by atomic mass is 9.95. The first kappa shape index (κ1) is 22.5. The van der Waals surface area contributed by atoms with Crippen molar-refractivity contribution < 1.29 is 31.5 Å². The van der Waals surface area contributed by atoms with Crippen LogP contribution in [0.15, 0.2) is 65.6 Å². The molecule has 0 aliphatic rings. The van der Waals surface area contributed by atoms with Crippen molar-refractivity contribution in [2.45, 2.75) is 24.4 Å². The molecule has 0 aliphatic heterocycles. The van der Waals surface area contributed by atoms with Gasteiger partial charge in [0.1, 0.15) is 5.75 Å². The van der Waals surface area contributed by atoms with E-state index in [2.05, 4.69) is 0 Å². The predicted octanol–water partition coefficient (Wildman–Crippen LogP) is 4.46. The SMILES string of the molecule is Cc1cc(CC(=O)c2ccc(-c3ccccc3C(F)(F)F)c(O)c2)ccc1S(N)(=O)=O. The Morgan fingerprint density at radius 1 is 1.00 bits per heavy atom. The fourth-order valence-corrected chi connectivity index (χ4v) is 4.09. The Labute approximate surface area is 177 Å². The minimum Gasteiger partial charge on any atom is -0.507 e. The third kappa shape index (κ3) is 4.95. The molecule has 0 unspecified atom stereocenters. The molecule has 5 nitrogen and oxygen atoms in total. The number of Topliss-reactive ketones (excluding diaryl/α,β-unsaturated/α-hetero) is 1. The summed E-state index contributed by atoms with van der Waals surface area (Å²) in [6, 6.07) is 12.9. The zero-order chi connectivity index (χ0) is 23.0. The standard InChI is InChI=1S/C22H18F3NO4S/c1-13-10-14(6-9-21(13)31(26,29)30)11-19(27)15-7-8-17(20(28)12-15)16-4-2-3-5-18(16)22(23,24)25/h2-10,12,28H,11H2,1H3,(H2,26,29,30). The summed E-state index contributed by atoms with van der Waals surface area (Å²) in [5, 5.41) is 15.4. The second-order valence-electron chi connectivity index (χ2n) is 7.02. The van der Waals surface area contributed by atoms with Crippen molar-refractivity contribution in [3.63, 3.8) is 0 Å². The van der Waals surface area contributed by atoms with Crippen molar-refractivity contribution in [2.24, 2.45) is 5.14 Å². The Balaban J connectivity index is 1.89. The fourth-order valence-electron chi connectivity index (χ4n) is 3.33. The van der Waals surface area contributed by atoms with Crippen molar-refractivity contribution in [2.75, 3.05) is 0 Å². The van der Waals surface area contributed by atoms with Gasteiger partial charge in [0, 0.05) is 17.5 Å². The maximum absolute atomic E-state index is 13.3. The molecule has 0 spiro atoms. The Morgan fingerprint density at radius 3 is 2.26 bits per heavy atom. The summed E-state index contributed by atoms with van der Waals surface area (Å²) in [6.45, 7) is 1.55. The Bertz CT molecular complexity index is 1270. The van der Waals surface area contributed by atoms with Gasteiger partial charge in [0.2, 0.25) is 10.0 Å². The topological polar surface area (TPSA) is 97.5 Å². The highest BCUT2D eigenvalue weighted by atomic mass is 32.2. The number of aromatic hydroxyl groups is 1. The van der Waals surface area contributed by atoms with Crippen LogP contribution in [-0.2, 0) is 22.6 Å². The molecule has 0 bridgehead atoms. The molecule has 0 heterocycles. The number of aryl methyl sites for hydroxylation is 1. The van der Waals surface area contributed by atoms with Gasteiger partial charge >= 0.3 is 6.18 Å². The molecule has 0 atom stereocenters. The largest absolute Gasteiger partial charge is 0.507 e. The number of halogens is 3. The van der Waals surface area contributed by atoms with Gasteiger partial charge in [-0.3, -0.25) is 4.79 Å². The van der Waals surface area contributed by atoms with Crippen LogP contribution in [0.5, 0.6) is 5.75 Å². The van der Waals surface area contributed by atoms with Gasteiger partial charge in [-0.2, -0.15) is 13.2 Å². The normalized spacial score (nSPS) is 12.0. The number of phenols is 1. The molecule has 0 saturated heterocycles. The van der Waals surface area contributed by atoms with E-state index in [9.17, 15) is 31.5 Å². The van der Waals surface area contributed by atoms with Crippen LogP contribution >= 0.6 is 0 Å². The molecule has 9 heteroatoms. The summed E-state index contributed by atoms with van der Waals surface area (Å²) in [7, 11) is -3.88. The lowest BCUT2D eigenvalue weighted by Gasteiger charge is -2.14. The van der Waals surface area contributed by atoms with E-state index in [-0.39, 0.29) is 28.0 Å². The first-order chi connectivity index (χ1) is 14.4. The second kappa shape index (κ2) is 8.16. The van der Waals surface area contributed by atoms with Gasteiger partial charge in [0.05, 0.1) is 10.5 Å². The smallest absolute Gasteiger partial charge is 0.417 e. The summed E-state index contributed by atoms with van der Waals surface area (Å²) < 4.78 is 62.8. The Hall–Kier alpha value is -3.17. The monoisotopic (exact) mass is 449 g/mol. The highest BCUT2D eigenvalue weighted by molar-refractivity contribution is 7.89. The van der Waals surface area contributed by atoms with Crippen LogP contribution in [0.3, 0.4) is 0 Å². The van der Waals surface area contributed by atoms with E-state index in [0.717, 1.165) is 12.1 Å².